The molecule has 3 aromatic heterocycles. The molecular formula is C29H28N6O. The second kappa shape index (κ2) is 8.84. The number of nitrogens with zero attached hydrogens (tertiary/aromatic N) is 6. The summed E-state index contributed by atoms with van der Waals surface area (Å²) in [4.78, 5) is 7.27. The molecule has 1 fully saturated rings. The molecule has 1 aliphatic rings. The number of rotatable bonds is 5. The molecule has 0 unspecified atom stereocenters. The Hall–Kier alpha value is -4.10. The Labute approximate surface area is 210 Å². The standard InChI is InChI=1S/C29H28N6O/c1-4-35-15-20(16-35)24-11-12-25(32-31-24)21-10-9-19(14-23(21)22-7-5-6-8-28(22)36)26-13-18(2)29-27(30-26)17-34(3)33-29/h5-14,17,20,36H,4,15-16H2,1-3H3. The van der Waals surface area contributed by atoms with Gasteiger partial charge in [0.2, 0.25) is 0 Å². The second-order valence-corrected chi connectivity index (χ2v) is 9.53. The van der Waals surface area contributed by atoms with Crippen molar-refractivity contribution in [1.29, 1.82) is 0 Å². The molecular weight excluding hydrogens is 448 g/mol. The van der Waals surface area contributed by atoms with Crippen LogP contribution in [0.25, 0.3) is 44.7 Å². The van der Waals surface area contributed by atoms with E-state index in [1.54, 1.807) is 10.7 Å². The normalized spacial score (nSPS) is 14.3. The van der Waals surface area contributed by atoms with E-state index in [4.69, 9.17) is 4.98 Å². The maximum absolute atomic E-state index is 10.7. The molecule has 0 amide bonds. The van der Waals surface area contributed by atoms with Crippen molar-refractivity contribution in [2.24, 2.45) is 7.05 Å². The second-order valence-electron chi connectivity index (χ2n) is 9.53. The van der Waals surface area contributed by atoms with Crippen molar-refractivity contribution in [2.45, 2.75) is 19.8 Å². The van der Waals surface area contributed by atoms with Gasteiger partial charge in [-0.3, -0.25) is 4.68 Å². The number of para-hydroxylation sites is 1. The third-order valence-electron chi connectivity index (χ3n) is 7.07. The van der Waals surface area contributed by atoms with Crippen molar-refractivity contribution in [2.75, 3.05) is 19.6 Å². The van der Waals surface area contributed by atoms with Crippen LogP contribution in [-0.4, -0.2) is 54.6 Å². The number of hydrogen-bond donors (Lipinski definition) is 1. The zero-order chi connectivity index (χ0) is 24.8. The van der Waals surface area contributed by atoms with Crippen LogP contribution in [0.1, 0.15) is 24.1 Å². The van der Waals surface area contributed by atoms with Crippen molar-refractivity contribution in [3.8, 4) is 39.4 Å². The highest BCUT2D eigenvalue weighted by Gasteiger charge is 2.28. The summed E-state index contributed by atoms with van der Waals surface area (Å²) in [6, 6.07) is 19.8. The Morgan fingerprint density at radius 3 is 2.50 bits per heavy atom. The third kappa shape index (κ3) is 3.91. The predicted molar refractivity (Wildman–Crippen MR) is 142 cm³/mol. The number of phenolic OH excluding ortho intramolecular Hbond substituents is 1. The highest BCUT2D eigenvalue weighted by atomic mass is 16.3. The summed E-state index contributed by atoms with van der Waals surface area (Å²) in [5.41, 5.74) is 9.03. The average molecular weight is 477 g/mol. The number of aromatic nitrogens is 5. The molecule has 36 heavy (non-hydrogen) atoms. The number of aryl methyl sites for hydroxylation is 2. The maximum Gasteiger partial charge on any atom is 0.123 e. The lowest BCUT2D eigenvalue weighted by Gasteiger charge is -2.37. The summed E-state index contributed by atoms with van der Waals surface area (Å²) < 4.78 is 1.79. The lowest BCUT2D eigenvalue weighted by Crippen LogP contribution is -2.44. The van der Waals surface area contributed by atoms with Crippen molar-refractivity contribution in [3.05, 3.63) is 78.1 Å². The number of phenols is 1. The molecule has 1 aliphatic heterocycles. The fraction of sp³-hybridized carbons (Fsp3) is 0.241. The number of hydrogen-bond acceptors (Lipinski definition) is 6. The van der Waals surface area contributed by atoms with E-state index in [0.29, 0.717) is 5.92 Å². The number of fused-ring (bicyclic) bond motifs is 1. The van der Waals surface area contributed by atoms with Crippen LogP contribution >= 0.6 is 0 Å². The summed E-state index contributed by atoms with van der Waals surface area (Å²) in [5, 5.41) is 24.4. The van der Waals surface area contributed by atoms with Crippen molar-refractivity contribution in [1.82, 2.24) is 29.9 Å². The third-order valence-corrected chi connectivity index (χ3v) is 7.07. The Morgan fingerprint density at radius 1 is 0.917 bits per heavy atom. The summed E-state index contributed by atoms with van der Waals surface area (Å²) in [6.45, 7) is 7.38. The van der Waals surface area contributed by atoms with Crippen LogP contribution in [-0.2, 0) is 7.05 Å². The maximum atomic E-state index is 10.7. The first-order valence-corrected chi connectivity index (χ1v) is 12.3. The van der Waals surface area contributed by atoms with E-state index in [0.717, 1.165) is 75.6 Å². The van der Waals surface area contributed by atoms with E-state index in [9.17, 15) is 5.11 Å². The van der Waals surface area contributed by atoms with Crippen LogP contribution in [0.5, 0.6) is 5.75 Å². The quantitative estimate of drug-likeness (QED) is 0.376. The molecule has 180 valence electrons. The van der Waals surface area contributed by atoms with Gasteiger partial charge in [-0.15, -0.1) is 0 Å². The Balaban J connectivity index is 1.44. The molecule has 0 atom stereocenters. The number of likely N-dealkylation sites (tertiary alicyclic amines) is 1. The topological polar surface area (TPSA) is 80.0 Å². The van der Waals surface area contributed by atoms with E-state index < -0.39 is 0 Å². The van der Waals surface area contributed by atoms with Crippen molar-refractivity contribution < 1.29 is 5.11 Å². The van der Waals surface area contributed by atoms with Crippen LogP contribution in [0, 0.1) is 6.92 Å². The molecule has 2 aromatic carbocycles. The molecule has 1 saturated heterocycles. The first-order chi connectivity index (χ1) is 17.5. The molecule has 0 aliphatic carbocycles. The predicted octanol–water partition coefficient (Wildman–Crippen LogP) is 5.19. The molecule has 0 bridgehead atoms. The molecule has 7 heteroatoms. The van der Waals surface area contributed by atoms with E-state index in [1.807, 2.05) is 43.6 Å². The SMILES string of the molecule is CCN1CC(c2ccc(-c3ccc(-c4cc(C)c5nn(C)cc5n4)cc3-c3ccccc3O)nn2)C1. The molecule has 5 aromatic rings. The van der Waals surface area contributed by atoms with Crippen LogP contribution in [0.2, 0.25) is 0 Å². The molecule has 0 spiro atoms. The van der Waals surface area contributed by atoms with Gasteiger partial charge in [0.25, 0.3) is 0 Å². The Bertz CT molecular complexity index is 1570. The highest BCUT2D eigenvalue weighted by molar-refractivity contribution is 5.89. The van der Waals surface area contributed by atoms with Crippen LogP contribution in [0.4, 0.5) is 0 Å². The molecule has 7 nitrogen and oxygen atoms in total. The van der Waals surface area contributed by atoms with Crippen molar-refractivity contribution in [3.63, 3.8) is 0 Å². The van der Waals surface area contributed by atoms with Gasteiger partial charge in [-0.1, -0.05) is 37.3 Å². The minimum atomic E-state index is 0.224. The Kier molecular flexibility index (Phi) is 5.49. The van der Waals surface area contributed by atoms with Gasteiger partial charge in [0.05, 0.1) is 23.3 Å². The van der Waals surface area contributed by atoms with E-state index >= 15 is 0 Å². The fourth-order valence-corrected chi connectivity index (χ4v) is 4.99. The lowest BCUT2D eigenvalue weighted by molar-refractivity contribution is 0.154. The van der Waals surface area contributed by atoms with E-state index in [-0.39, 0.29) is 5.75 Å². The average Bonchev–Trinajstić information content (AvgIpc) is 3.25. The first kappa shape index (κ1) is 22.4. The zero-order valence-corrected chi connectivity index (χ0v) is 20.7. The van der Waals surface area contributed by atoms with Crippen molar-refractivity contribution >= 4 is 11.0 Å². The number of likely N-dealkylation sites (N-methyl/N-ethyl adjacent to an activating group) is 1. The first-order valence-electron chi connectivity index (χ1n) is 12.3. The van der Waals surface area contributed by atoms with Gasteiger partial charge < -0.3 is 10.0 Å². The minimum Gasteiger partial charge on any atom is -0.507 e. The molecule has 1 N–H and O–H groups in total. The monoisotopic (exact) mass is 476 g/mol. The molecule has 6 rings (SSSR count). The lowest BCUT2D eigenvalue weighted by atomic mass is 9.92. The van der Waals surface area contributed by atoms with Gasteiger partial charge in [0, 0.05) is 42.7 Å². The number of pyridine rings is 1. The van der Waals surface area contributed by atoms with Gasteiger partial charge in [0.15, 0.2) is 0 Å². The summed E-state index contributed by atoms with van der Waals surface area (Å²) >= 11 is 0. The number of aromatic hydroxyl groups is 1. The summed E-state index contributed by atoms with van der Waals surface area (Å²) in [5.74, 6) is 0.671. The van der Waals surface area contributed by atoms with Crippen LogP contribution < -0.4 is 0 Å². The smallest absolute Gasteiger partial charge is 0.123 e. The fourth-order valence-electron chi connectivity index (χ4n) is 4.99. The van der Waals surface area contributed by atoms with Crippen LogP contribution in [0.15, 0.2) is 66.9 Å². The minimum absolute atomic E-state index is 0.224. The van der Waals surface area contributed by atoms with E-state index in [1.165, 1.54) is 0 Å². The van der Waals surface area contributed by atoms with Gasteiger partial charge >= 0.3 is 0 Å². The van der Waals surface area contributed by atoms with Gasteiger partial charge in [0.1, 0.15) is 16.8 Å². The Morgan fingerprint density at radius 2 is 1.75 bits per heavy atom. The van der Waals surface area contributed by atoms with Gasteiger partial charge in [-0.25, -0.2) is 4.98 Å². The zero-order valence-electron chi connectivity index (χ0n) is 20.7. The largest absolute Gasteiger partial charge is 0.507 e. The number of benzene rings is 2. The summed E-state index contributed by atoms with van der Waals surface area (Å²) in [6.07, 6.45) is 1.93. The molecule has 0 radical (unpaired) electrons. The van der Waals surface area contributed by atoms with Crippen LogP contribution in [0.3, 0.4) is 0 Å². The van der Waals surface area contributed by atoms with Gasteiger partial charge in [-0.05, 0) is 54.9 Å². The van der Waals surface area contributed by atoms with Gasteiger partial charge in [-0.2, -0.15) is 15.3 Å². The molecule has 0 saturated carbocycles. The highest BCUT2D eigenvalue weighted by Crippen LogP contribution is 2.39. The van der Waals surface area contributed by atoms with E-state index in [2.05, 4.69) is 58.3 Å². The summed E-state index contributed by atoms with van der Waals surface area (Å²) in [7, 11) is 1.91. The molecule has 4 heterocycles.